The van der Waals surface area contributed by atoms with Crippen molar-refractivity contribution < 1.29 is 9.84 Å². The fourth-order valence-electron chi connectivity index (χ4n) is 1.36. The number of nitrogens with zero attached hydrogens (tertiary/aromatic N) is 1. The summed E-state index contributed by atoms with van der Waals surface area (Å²) in [4.78, 5) is 0. The van der Waals surface area contributed by atoms with E-state index in [4.69, 9.17) is 15.1 Å². The molecule has 0 saturated carbocycles. The Morgan fingerprint density at radius 3 is 2.60 bits per heavy atom. The van der Waals surface area contributed by atoms with Crippen molar-refractivity contribution in [2.75, 3.05) is 7.11 Å². The molecule has 0 aliphatic carbocycles. The summed E-state index contributed by atoms with van der Waals surface area (Å²) in [5.41, 5.74) is 1.20. The lowest BCUT2D eigenvalue weighted by Gasteiger charge is -2.04. The van der Waals surface area contributed by atoms with Crippen LogP contribution in [0.4, 0.5) is 0 Å². The Bertz CT molecular complexity index is 326. The van der Waals surface area contributed by atoms with Crippen LogP contribution in [0.5, 0.6) is 5.75 Å². The van der Waals surface area contributed by atoms with Crippen LogP contribution in [0.15, 0.2) is 24.3 Å². The molecular formula is C12H15NO2. The van der Waals surface area contributed by atoms with Gasteiger partial charge in [-0.05, 0) is 37.0 Å². The molecule has 0 aliphatic rings. The first-order valence-electron chi connectivity index (χ1n) is 4.97. The number of rotatable bonds is 5. The number of hydrogen-bond donors (Lipinski definition) is 1. The van der Waals surface area contributed by atoms with Gasteiger partial charge in [0.2, 0.25) is 0 Å². The number of benzene rings is 1. The first-order valence-corrected chi connectivity index (χ1v) is 4.97. The number of aryl methyl sites for hydroxylation is 1. The Morgan fingerprint density at radius 2 is 2.07 bits per heavy atom. The van der Waals surface area contributed by atoms with Crippen molar-refractivity contribution in [3.8, 4) is 11.8 Å². The molecule has 0 spiro atoms. The van der Waals surface area contributed by atoms with Gasteiger partial charge >= 0.3 is 0 Å². The lowest BCUT2D eigenvalue weighted by atomic mass is 10.1. The van der Waals surface area contributed by atoms with E-state index in [1.807, 2.05) is 24.3 Å². The lowest BCUT2D eigenvalue weighted by molar-refractivity contribution is 0.216. The summed E-state index contributed by atoms with van der Waals surface area (Å²) in [5, 5.41) is 17.4. The summed E-state index contributed by atoms with van der Waals surface area (Å²) in [6.45, 7) is 0. The second-order valence-electron chi connectivity index (χ2n) is 3.39. The molecule has 0 aromatic heterocycles. The van der Waals surface area contributed by atoms with Crippen molar-refractivity contribution >= 4 is 0 Å². The van der Waals surface area contributed by atoms with Gasteiger partial charge in [0.25, 0.3) is 0 Å². The highest BCUT2D eigenvalue weighted by Crippen LogP contribution is 2.13. The SMILES string of the molecule is COc1ccc(CCCC(O)C#N)cc1. The smallest absolute Gasteiger partial charge is 0.140 e. The highest BCUT2D eigenvalue weighted by atomic mass is 16.5. The summed E-state index contributed by atoms with van der Waals surface area (Å²) in [7, 11) is 1.64. The Balaban J connectivity index is 2.35. The van der Waals surface area contributed by atoms with Crippen molar-refractivity contribution in [1.82, 2.24) is 0 Å². The number of nitriles is 1. The van der Waals surface area contributed by atoms with Crippen molar-refractivity contribution in [3.63, 3.8) is 0 Å². The number of methoxy groups -OCH3 is 1. The predicted molar refractivity (Wildman–Crippen MR) is 57.6 cm³/mol. The van der Waals surface area contributed by atoms with E-state index in [-0.39, 0.29) is 0 Å². The molecule has 15 heavy (non-hydrogen) atoms. The van der Waals surface area contributed by atoms with Crippen LogP contribution in [0.2, 0.25) is 0 Å². The van der Waals surface area contributed by atoms with Crippen molar-refractivity contribution in [1.29, 1.82) is 5.26 Å². The molecule has 1 N–H and O–H groups in total. The minimum Gasteiger partial charge on any atom is -0.497 e. The first-order chi connectivity index (χ1) is 7.26. The Labute approximate surface area is 89.9 Å². The molecule has 0 heterocycles. The van der Waals surface area contributed by atoms with Gasteiger partial charge < -0.3 is 9.84 Å². The Morgan fingerprint density at radius 1 is 1.40 bits per heavy atom. The maximum Gasteiger partial charge on any atom is 0.140 e. The summed E-state index contributed by atoms with van der Waals surface area (Å²) in [6.07, 6.45) is 1.40. The van der Waals surface area contributed by atoms with E-state index in [1.54, 1.807) is 13.2 Å². The Hall–Kier alpha value is -1.53. The molecule has 0 aliphatic heterocycles. The van der Waals surface area contributed by atoms with E-state index < -0.39 is 6.10 Å². The van der Waals surface area contributed by atoms with Gasteiger partial charge in [0.15, 0.2) is 0 Å². The van der Waals surface area contributed by atoms with Gasteiger partial charge in [-0.15, -0.1) is 0 Å². The second-order valence-corrected chi connectivity index (χ2v) is 3.39. The second kappa shape index (κ2) is 6.05. The fraction of sp³-hybridized carbons (Fsp3) is 0.417. The molecule has 3 nitrogen and oxygen atoms in total. The highest BCUT2D eigenvalue weighted by molar-refractivity contribution is 5.27. The predicted octanol–water partition coefficient (Wildman–Crippen LogP) is 1.90. The molecule has 1 aromatic carbocycles. The van der Waals surface area contributed by atoms with Crippen LogP contribution < -0.4 is 4.74 Å². The maximum atomic E-state index is 9.04. The lowest BCUT2D eigenvalue weighted by Crippen LogP contribution is -2.02. The van der Waals surface area contributed by atoms with Crippen LogP contribution in [0, 0.1) is 11.3 Å². The minimum absolute atomic E-state index is 0.530. The van der Waals surface area contributed by atoms with Crippen molar-refractivity contribution in [2.45, 2.75) is 25.4 Å². The fourth-order valence-corrected chi connectivity index (χ4v) is 1.36. The first kappa shape index (κ1) is 11.5. The highest BCUT2D eigenvalue weighted by Gasteiger charge is 2.01. The normalized spacial score (nSPS) is 11.8. The molecule has 1 aromatic rings. The molecule has 1 atom stereocenters. The molecule has 0 bridgehead atoms. The van der Waals surface area contributed by atoms with E-state index >= 15 is 0 Å². The molecule has 1 unspecified atom stereocenters. The largest absolute Gasteiger partial charge is 0.497 e. The number of ether oxygens (including phenoxy) is 1. The van der Waals surface area contributed by atoms with Gasteiger partial charge in [-0.2, -0.15) is 5.26 Å². The van der Waals surface area contributed by atoms with E-state index in [2.05, 4.69) is 0 Å². The number of aliphatic hydroxyl groups excluding tert-OH is 1. The number of hydrogen-bond acceptors (Lipinski definition) is 3. The maximum absolute atomic E-state index is 9.04. The van der Waals surface area contributed by atoms with E-state index in [9.17, 15) is 0 Å². The van der Waals surface area contributed by atoms with Crippen LogP contribution in [0.3, 0.4) is 0 Å². The monoisotopic (exact) mass is 205 g/mol. The van der Waals surface area contributed by atoms with Gasteiger partial charge in [-0.25, -0.2) is 0 Å². The quantitative estimate of drug-likeness (QED) is 0.747. The van der Waals surface area contributed by atoms with Crippen LogP contribution >= 0.6 is 0 Å². The molecule has 3 heteroatoms. The molecule has 0 radical (unpaired) electrons. The zero-order valence-corrected chi connectivity index (χ0v) is 8.81. The molecule has 80 valence electrons. The van der Waals surface area contributed by atoms with Crippen molar-refractivity contribution in [3.05, 3.63) is 29.8 Å². The third kappa shape index (κ3) is 4.01. The van der Waals surface area contributed by atoms with Crippen molar-refractivity contribution in [2.24, 2.45) is 0 Å². The third-order valence-corrected chi connectivity index (χ3v) is 2.25. The minimum atomic E-state index is -0.830. The molecule has 0 saturated heterocycles. The molecule has 1 rings (SSSR count). The van der Waals surface area contributed by atoms with E-state index in [1.165, 1.54) is 5.56 Å². The molecule has 0 fully saturated rings. The summed E-state index contributed by atoms with van der Waals surface area (Å²) < 4.78 is 5.05. The van der Waals surface area contributed by atoms with Crippen LogP contribution in [-0.4, -0.2) is 18.3 Å². The molecular weight excluding hydrogens is 190 g/mol. The van der Waals surface area contributed by atoms with Crippen LogP contribution in [0.1, 0.15) is 18.4 Å². The summed E-state index contributed by atoms with van der Waals surface area (Å²) in [6, 6.07) is 9.63. The number of aliphatic hydroxyl groups is 1. The van der Waals surface area contributed by atoms with Gasteiger partial charge in [0.05, 0.1) is 13.2 Å². The van der Waals surface area contributed by atoms with Gasteiger partial charge in [-0.3, -0.25) is 0 Å². The zero-order valence-electron chi connectivity index (χ0n) is 8.81. The topological polar surface area (TPSA) is 53.2 Å². The van der Waals surface area contributed by atoms with E-state index in [0.29, 0.717) is 6.42 Å². The summed E-state index contributed by atoms with van der Waals surface area (Å²) in [5.74, 6) is 0.843. The van der Waals surface area contributed by atoms with Gasteiger partial charge in [-0.1, -0.05) is 12.1 Å². The average molecular weight is 205 g/mol. The zero-order chi connectivity index (χ0) is 11.1. The average Bonchev–Trinajstić information content (AvgIpc) is 2.29. The Kier molecular flexibility index (Phi) is 4.65. The standard InChI is InChI=1S/C12H15NO2/c1-15-12-7-5-10(6-8-12)3-2-4-11(14)9-13/h5-8,11,14H,2-4H2,1H3. The van der Waals surface area contributed by atoms with E-state index in [0.717, 1.165) is 18.6 Å². The van der Waals surface area contributed by atoms with Gasteiger partial charge in [0, 0.05) is 0 Å². The third-order valence-electron chi connectivity index (χ3n) is 2.25. The van der Waals surface area contributed by atoms with Gasteiger partial charge in [0.1, 0.15) is 11.9 Å². The summed E-state index contributed by atoms with van der Waals surface area (Å²) >= 11 is 0. The van der Waals surface area contributed by atoms with Crippen LogP contribution in [0.25, 0.3) is 0 Å². The van der Waals surface area contributed by atoms with Crippen LogP contribution in [-0.2, 0) is 6.42 Å². The molecule has 0 amide bonds.